The first kappa shape index (κ1) is 9.99. The molecule has 17 heavy (non-hydrogen) atoms. The molecule has 0 amide bonds. The van der Waals surface area contributed by atoms with E-state index in [1.54, 1.807) is 12.5 Å². The molecule has 4 heteroatoms. The van der Waals surface area contributed by atoms with Crippen molar-refractivity contribution in [2.45, 2.75) is 6.54 Å². The van der Waals surface area contributed by atoms with E-state index in [-0.39, 0.29) is 0 Å². The lowest BCUT2D eigenvalue weighted by atomic mass is 10.2. The van der Waals surface area contributed by atoms with Crippen LogP contribution >= 0.6 is 0 Å². The summed E-state index contributed by atoms with van der Waals surface area (Å²) in [5, 5.41) is 0. The number of fused-ring (bicyclic) bond motifs is 1. The number of nitrogens with zero attached hydrogens (tertiary/aromatic N) is 3. The van der Waals surface area contributed by atoms with Gasteiger partial charge in [0.1, 0.15) is 11.8 Å². The highest BCUT2D eigenvalue weighted by molar-refractivity contribution is 5.72. The molecule has 84 valence electrons. The van der Waals surface area contributed by atoms with Crippen molar-refractivity contribution in [2.24, 2.45) is 5.73 Å². The summed E-state index contributed by atoms with van der Waals surface area (Å²) in [6, 6.07) is 11.9. The Kier molecular flexibility index (Phi) is 2.34. The molecule has 0 saturated carbocycles. The van der Waals surface area contributed by atoms with Gasteiger partial charge in [-0.3, -0.25) is 4.57 Å². The van der Waals surface area contributed by atoms with Crippen molar-refractivity contribution >= 4 is 11.2 Å². The van der Waals surface area contributed by atoms with Crippen LogP contribution in [-0.4, -0.2) is 14.5 Å². The monoisotopic (exact) mass is 224 g/mol. The second-order valence-corrected chi connectivity index (χ2v) is 3.83. The van der Waals surface area contributed by atoms with Crippen LogP contribution in [0, 0.1) is 0 Å². The highest BCUT2D eigenvalue weighted by Gasteiger charge is 2.04. The van der Waals surface area contributed by atoms with Gasteiger partial charge in [-0.05, 0) is 29.8 Å². The van der Waals surface area contributed by atoms with E-state index < -0.39 is 0 Å². The third kappa shape index (κ3) is 1.68. The summed E-state index contributed by atoms with van der Waals surface area (Å²) >= 11 is 0. The summed E-state index contributed by atoms with van der Waals surface area (Å²) < 4.78 is 1.97. The van der Waals surface area contributed by atoms with Crippen molar-refractivity contribution in [1.82, 2.24) is 14.5 Å². The Morgan fingerprint density at radius 2 is 1.88 bits per heavy atom. The predicted molar refractivity (Wildman–Crippen MR) is 66.8 cm³/mol. The molecule has 0 aliphatic carbocycles. The summed E-state index contributed by atoms with van der Waals surface area (Å²) in [6.07, 6.45) is 3.56. The Morgan fingerprint density at radius 3 is 2.65 bits per heavy atom. The molecule has 0 saturated heterocycles. The molecule has 0 fully saturated rings. The lowest BCUT2D eigenvalue weighted by molar-refractivity contribution is 1.04. The van der Waals surface area contributed by atoms with Gasteiger partial charge in [-0.2, -0.15) is 0 Å². The molecule has 3 aromatic rings. The van der Waals surface area contributed by atoms with E-state index in [0.29, 0.717) is 6.54 Å². The van der Waals surface area contributed by atoms with Crippen LogP contribution in [0.4, 0.5) is 0 Å². The maximum atomic E-state index is 5.58. The molecule has 0 aliphatic rings. The van der Waals surface area contributed by atoms with E-state index in [1.165, 1.54) is 0 Å². The van der Waals surface area contributed by atoms with Crippen molar-refractivity contribution in [3.05, 3.63) is 54.5 Å². The lowest BCUT2D eigenvalue weighted by Gasteiger charge is -2.04. The quantitative estimate of drug-likeness (QED) is 0.723. The number of pyridine rings is 1. The molecule has 0 bridgehead atoms. The van der Waals surface area contributed by atoms with Crippen LogP contribution in [0.1, 0.15) is 5.56 Å². The number of benzene rings is 1. The Labute approximate surface area is 98.7 Å². The van der Waals surface area contributed by atoms with E-state index in [2.05, 4.69) is 9.97 Å². The Balaban J connectivity index is 2.13. The highest BCUT2D eigenvalue weighted by Crippen LogP contribution is 2.16. The van der Waals surface area contributed by atoms with Crippen molar-refractivity contribution < 1.29 is 0 Å². The molecule has 0 radical (unpaired) electrons. The van der Waals surface area contributed by atoms with Gasteiger partial charge in [0.2, 0.25) is 0 Å². The first-order valence-electron chi connectivity index (χ1n) is 5.46. The van der Waals surface area contributed by atoms with E-state index in [1.807, 2.05) is 41.0 Å². The second kappa shape index (κ2) is 3.99. The van der Waals surface area contributed by atoms with Gasteiger partial charge in [0.25, 0.3) is 0 Å². The molecule has 2 heterocycles. The lowest BCUT2D eigenvalue weighted by Crippen LogP contribution is -1.97. The summed E-state index contributed by atoms with van der Waals surface area (Å²) in [5.41, 5.74) is 9.51. The van der Waals surface area contributed by atoms with Gasteiger partial charge >= 0.3 is 0 Å². The van der Waals surface area contributed by atoms with Gasteiger partial charge < -0.3 is 5.73 Å². The standard InChI is InChI=1S/C13H12N4/c14-8-10-3-5-11(6-4-10)17-9-16-12-2-1-7-15-13(12)17/h1-7,9H,8,14H2. The molecule has 0 unspecified atom stereocenters. The van der Waals surface area contributed by atoms with Crippen molar-refractivity contribution in [3.63, 3.8) is 0 Å². The SMILES string of the molecule is NCc1ccc(-n2cnc3cccnc32)cc1. The van der Waals surface area contributed by atoms with Crippen molar-refractivity contribution in [1.29, 1.82) is 0 Å². The minimum atomic E-state index is 0.559. The maximum Gasteiger partial charge on any atom is 0.164 e. The van der Waals surface area contributed by atoms with Crippen LogP contribution in [0.2, 0.25) is 0 Å². The third-order valence-electron chi connectivity index (χ3n) is 2.76. The molecule has 2 aromatic heterocycles. The molecular weight excluding hydrogens is 212 g/mol. The van der Waals surface area contributed by atoms with E-state index >= 15 is 0 Å². The van der Waals surface area contributed by atoms with Crippen molar-refractivity contribution in [2.75, 3.05) is 0 Å². The number of nitrogens with two attached hydrogens (primary N) is 1. The predicted octanol–water partition coefficient (Wildman–Crippen LogP) is 1.88. The van der Waals surface area contributed by atoms with E-state index in [4.69, 9.17) is 5.73 Å². The molecule has 2 N–H and O–H groups in total. The number of aromatic nitrogens is 3. The molecule has 0 aliphatic heterocycles. The first-order valence-corrected chi connectivity index (χ1v) is 5.46. The fourth-order valence-corrected chi connectivity index (χ4v) is 1.83. The van der Waals surface area contributed by atoms with Gasteiger partial charge in [0.05, 0.1) is 0 Å². The average molecular weight is 224 g/mol. The zero-order chi connectivity index (χ0) is 11.7. The summed E-state index contributed by atoms with van der Waals surface area (Å²) in [7, 11) is 0. The topological polar surface area (TPSA) is 56.7 Å². The van der Waals surface area contributed by atoms with Crippen LogP contribution in [0.15, 0.2) is 48.9 Å². The fourth-order valence-electron chi connectivity index (χ4n) is 1.83. The Bertz CT molecular complexity index is 640. The number of rotatable bonds is 2. The largest absolute Gasteiger partial charge is 0.326 e. The molecule has 1 aromatic carbocycles. The van der Waals surface area contributed by atoms with Crippen LogP contribution in [0.5, 0.6) is 0 Å². The molecule has 3 rings (SSSR count). The maximum absolute atomic E-state index is 5.58. The average Bonchev–Trinajstić information content (AvgIpc) is 2.83. The first-order chi connectivity index (χ1) is 8.38. The Morgan fingerprint density at radius 1 is 1.06 bits per heavy atom. The molecular formula is C13H12N4. The minimum absolute atomic E-state index is 0.559. The van der Waals surface area contributed by atoms with Crippen LogP contribution in [0.3, 0.4) is 0 Å². The highest BCUT2D eigenvalue weighted by atomic mass is 15.1. The summed E-state index contributed by atoms with van der Waals surface area (Å²) in [5.74, 6) is 0. The van der Waals surface area contributed by atoms with Gasteiger partial charge in [-0.25, -0.2) is 9.97 Å². The summed E-state index contributed by atoms with van der Waals surface area (Å²) in [6.45, 7) is 0.559. The van der Waals surface area contributed by atoms with Gasteiger partial charge in [0, 0.05) is 18.4 Å². The zero-order valence-corrected chi connectivity index (χ0v) is 9.24. The Hall–Kier alpha value is -2.20. The van der Waals surface area contributed by atoms with Crippen molar-refractivity contribution in [3.8, 4) is 5.69 Å². The van der Waals surface area contributed by atoms with Gasteiger partial charge in [-0.15, -0.1) is 0 Å². The normalized spacial score (nSPS) is 10.9. The van der Waals surface area contributed by atoms with Crippen LogP contribution < -0.4 is 5.73 Å². The van der Waals surface area contributed by atoms with Crippen LogP contribution in [0.25, 0.3) is 16.9 Å². The minimum Gasteiger partial charge on any atom is -0.326 e. The zero-order valence-electron chi connectivity index (χ0n) is 9.24. The van der Waals surface area contributed by atoms with E-state index in [9.17, 15) is 0 Å². The second-order valence-electron chi connectivity index (χ2n) is 3.83. The number of hydrogen-bond acceptors (Lipinski definition) is 3. The fraction of sp³-hybridized carbons (Fsp3) is 0.0769. The molecule has 4 nitrogen and oxygen atoms in total. The molecule has 0 spiro atoms. The van der Waals surface area contributed by atoms with Gasteiger partial charge in [-0.1, -0.05) is 12.1 Å². The summed E-state index contributed by atoms with van der Waals surface area (Å²) in [4.78, 5) is 8.65. The van der Waals surface area contributed by atoms with E-state index in [0.717, 1.165) is 22.4 Å². The number of hydrogen-bond donors (Lipinski definition) is 1. The number of imidazole rings is 1. The third-order valence-corrected chi connectivity index (χ3v) is 2.76. The van der Waals surface area contributed by atoms with Crippen LogP contribution in [-0.2, 0) is 6.54 Å². The van der Waals surface area contributed by atoms with Gasteiger partial charge in [0.15, 0.2) is 5.65 Å². The smallest absolute Gasteiger partial charge is 0.164 e. The molecule has 0 atom stereocenters.